The van der Waals surface area contributed by atoms with Crippen LogP contribution in [0.4, 0.5) is 0 Å². The zero-order valence-electron chi connectivity index (χ0n) is 16.4. The van der Waals surface area contributed by atoms with Crippen molar-refractivity contribution >= 4 is 5.91 Å². The maximum Gasteiger partial charge on any atom is 0.260 e. The molecule has 146 valence electrons. The van der Waals surface area contributed by atoms with Gasteiger partial charge in [0.2, 0.25) is 0 Å². The smallest absolute Gasteiger partial charge is 0.260 e. The quantitative estimate of drug-likeness (QED) is 0.746. The lowest BCUT2D eigenvalue weighted by atomic mass is 9.88. The van der Waals surface area contributed by atoms with Gasteiger partial charge in [-0.15, -0.1) is 6.58 Å². The summed E-state index contributed by atoms with van der Waals surface area (Å²) in [5, 5.41) is 3.01. The fraction of sp³-hybridized carbons (Fsp3) is 0.375. The molecule has 0 radical (unpaired) electrons. The minimum absolute atomic E-state index is 0.0342. The molecule has 1 aliphatic heterocycles. The van der Waals surface area contributed by atoms with Crippen molar-refractivity contribution in [3.05, 3.63) is 77.9 Å². The number of carbonyl (C=O) groups is 1. The van der Waals surface area contributed by atoms with E-state index in [2.05, 4.69) is 53.2 Å². The molecule has 2 aromatic carbocycles. The van der Waals surface area contributed by atoms with Crippen LogP contribution < -0.4 is 10.1 Å². The summed E-state index contributed by atoms with van der Waals surface area (Å²) in [6.07, 6.45) is 4.63. The number of hydrogen-bond donors (Lipinski definition) is 1. The molecule has 2 aliphatic rings. The van der Waals surface area contributed by atoms with Gasteiger partial charge in [-0.3, -0.25) is 9.69 Å². The molecule has 4 rings (SSSR count). The van der Waals surface area contributed by atoms with Crippen molar-refractivity contribution in [1.29, 1.82) is 0 Å². The van der Waals surface area contributed by atoms with E-state index in [-0.39, 0.29) is 11.9 Å². The SMILES string of the molecule is C=CCN1CCc2ccc(OC(C)C(=O)NC3CC3)cc2C1c1ccccc1. The average Bonchev–Trinajstić information content (AvgIpc) is 3.52. The Morgan fingerprint density at radius 3 is 2.79 bits per heavy atom. The van der Waals surface area contributed by atoms with Gasteiger partial charge in [-0.2, -0.15) is 0 Å². The van der Waals surface area contributed by atoms with Crippen LogP contribution in [0.5, 0.6) is 5.75 Å². The maximum atomic E-state index is 12.3. The van der Waals surface area contributed by atoms with Crippen molar-refractivity contribution in [3.63, 3.8) is 0 Å². The first kappa shape index (κ1) is 18.8. The van der Waals surface area contributed by atoms with Gasteiger partial charge in [0.1, 0.15) is 5.75 Å². The Kier molecular flexibility index (Phi) is 5.49. The molecule has 2 aromatic rings. The van der Waals surface area contributed by atoms with Crippen molar-refractivity contribution in [3.8, 4) is 5.75 Å². The summed E-state index contributed by atoms with van der Waals surface area (Å²) in [5.74, 6) is 0.715. The number of nitrogens with zero attached hydrogens (tertiary/aromatic N) is 1. The highest BCUT2D eigenvalue weighted by atomic mass is 16.5. The van der Waals surface area contributed by atoms with Crippen molar-refractivity contribution in [1.82, 2.24) is 10.2 Å². The van der Waals surface area contributed by atoms with Gasteiger partial charge in [0, 0.05) is 19.1 Å². The Labute approximate surface area is 167 Å². The predicted molar refractivity (Wildman–Crippen MR) is 111 cm³/mol. The number of carbonyl (C=O) groups excluding carboxylic acids is 1. The number of nitrogens with one attached hydrogen (secondary N) is 1. The molecular weight excluding hydrogens is 348 g/mol. The third kappa shape index (κ3) is 4.12. The molecule has 4 heteroatoms. The second-order valence-electron chi connectivity index (χ2n) is 7.75. The monoisotopic (exact) mass is 376 g/mol. The van der Waals surface area contributed by atoms with Gasteiger partial charge in [-0.1, -0.05) is 42.5 Å². The van der Waals surface area contributed by atoms with E-state index in [1.807, 2.05) is 25.1 Å². The molecule has 2 atom stereocenters. The molecule has 0 aromatic heterocycles. The van der Waals surface area contributed by atoms with E-state index in [9.17, 15) is 4.79 Å². The number of rotatable bonds is 7. The fourth-order valence-electron chi connectivity index (χ4n) is 3.91. The normalized spacial score (nSPS) is 20.1. The second kappa shape index (κ2) is 8.19. The first-order valence-electron chi connectivity index (χ1n) is 10.2. The molecule has 1 saturated carbocycles. The zero-order valence-corrected chi connectivity index (χ0v) is 16.4. The largest absolute Gasteiger partial charge is 0.481 e. The topological polar surface area (TPSA) is 41.6 Å². The lowest BCUT2D eigenvalue weighted by molar-refractivity contribution is -0.127. The molecule has 0 spiro atoms. The van der Waals surface area contributed by atoms with Crippen molar-refractivity contribution < 1.29 is 9.53 Å². The predicted octanol–water partition coefficient (Wildman–Crippen LogP) is 3.87. The van der Waals surface area contributed by atoms with E-state index in [4.69, 9.17) is 4.74 Å². The van der Waals surface area contributed by atoms with E-state index >= 15 is 0 Å². The van der Waals surface area contributed by atoms with Gasteiger partial charge in [-0.05, 0) is 55.0 Å². The molecule has 28 heavy (non-hydrogen) atoms. The molecule has 1 N–H and O–H groups in total. The van der Waals surface area contributed by atoms with Crippen molar-refractivity contribution in [2.75, 3.05) is 13.1 Å². The lowest BCUT2D eigenvalue weighted by Gasteiger charge is -2.37. The van der Waals surface area contributed by atoms with Gasteiger partial charge in [0.25, 0.3) is 5.91 Å². The summed E-state index contributed by atoms with van der Waals surface area (Å²) in [5.41, 5.74) is 3.87. The van der Waals surface area contributed by atoms with Crippen LogP contribution in [-0.2, 0) is 11.2 Å². The first-order chi connectivity index (χ1) is 13.7. The highest BCUT2D eigenvalue weighted by Gasteiger charge is 2.29. The van der Waals surface area contributed by atoms with Crippen LogP contribution in [0.1, 0.15) is 42.5 Å². The highest BCUT2D eigenvalue weighted by molar-refractivity contribution is 5.81. The van der Waals surface area contributed by atoms with E-state index in [1.54, 1.807) is 0 Å². The first-order valence-corrected chi connectivity index (χ1v) is 10.2. The number of amides is 1. The Balaban J connectivity index is 1.60. The van der Waals surface area contributed by atoms with E-state index in [0.29, 0.717) is 6.04 Å². The van der Waals surface area contributed by atoms with Crippen LogP contribution in [-0.4, -0.2) is 36.0 Å². The van der Waals surface area contributed by atoms with Crippen LogP contribution in [0.2, 0.25) is 0 Å². The van der Waals surface area contributed by atoms with Crippen LogP contribution >= 0.6 is 0 Å². The third-order valence-electron chi connectivity index (χ3n) is 5.53. The van der Waals surface area contributed by atoms with Gasteiger partial charge in [0.15, 0.2) is 6.10 Å². The Hall–Kier alpha value is -2.59. The summed E-state index contributed by atoms with van der Waals surface area (Å²) < 4.78 is 6.00. The number of hydrogen-bond acceptors (Lipinski definition) is 3. The van der Waals surface area contributed by atoms with Crippen LogP contribution in [0.25, 0.3) is 0 Å². The van der Waals surface area contributed by atoms with E-state index in [0.717, 1.165) is 38.1 Å². The summed E-state index contributed by atoms with van der Waals surface area (Å²) in [6, 6.07) is 17.3. The van der Waals surface area contributed by atoms with Gasteiger partial charge < -0.3 is 10.1 Å². The van der Waals surface area contributed by atoms with Crippen molar-refractivity contribution in [2.45, 2.75) is 44.4 Å². The van der Waals surface area contributed by atoms with E-state index in [1.165, 1.54) is 16.7 Å². The minimum atomic E-state index is -0.498. The molecule has 2 unspecified atom stereocenters. The second-order valence-corrected chi connectivity index (χ2v) is 7.75. The molecule has 1 amide bonds. The minimum Gasteiger partial charge on any atom is -0.481 e. The summed E-state index contributed by atoms with van der Waals surface area (Å²) in [7, 11) is 0. The third-order valence-corrected chi connectivity index (χ3v) is 5.53. The number of benzene rings is 2. The van der Waals surface area contributed by atoms with Crippen LogP contribution in [0.3, 0.4) is 0 Å². The molecule has 4 nitrogen and oxygen atoms in total. The van der Waals surface area contributed by atoms with Crippen molar-refractivity contribution in [2.24, 2.45) is 0 Å². The Morgan fingerprint density at radius 2 is 2.07 bits per heavy atom. The van der Waals surface area contributed by atoms with Crippen LogP contribution in [0, 0.1) is 0 Å². The van der Waals surface area contributed by atoms with Gasteiger partial charge in [-0.25, -0.2) is 0 Å². The Morgan fingerprint density at radius 1 is 1.29 bits per heavy atom. The zero-order chi connectivity index (χ0) is 19.5. The van der Waals surface area contributed by atoms with Gasteiger partial charge in [0.05, 0.1) is 6.04 Å². The summed E-state index contributed by atoms with van der Waals surface area (Å²) >= 11 is 0. The number of fused-ring (bicyclic) bond motifs is 1. The molecule has 1 heterocycles. The lowest BCUT2D eigenvalue weighted by Crippen LogP contribution is -2.38. The summed E-state index contributed by atoms with van der Waals surface area (Å²) in [4.78, 5) is 14.7. The molecule has 1 aliphatic carbocycles. The van der Waals surface area contributed by atoms with E-state index < -0.39 is 6.10 Å². The van der Waals surface area contributed by atoms with Crippen LogP contribution in [0.15, 0.2) is 61.2 Å². The molecule has 1 fully saturated rings. The molecular formula is C24H28N2O2. The highest BCUT2D eigenvalue weighted by Crippen LogP contribution is 2.37. The standard InChI is InChI=1S/C24H28N2O2/c1-3-14-26-15-13-18-9-12-21(28-17(2)24(27)25-20-10-11-20)16-22(18)23(26)19-7-5-4-6-8-19/h3-9,12,16-17,20,23H,1,10-11,13-15H2,2H3,(H,25,27). The summed E-state index contributed by atoms with van der Waals surface area (Å²) in [6.45, 7) is 7.58. The molecule has 0 bridgehead atoms. The number of ether oxygens (including phenoxy) is 1. The Bertz CT molecular complexity index is 845. The van der Waals surface area contributed by atoms with Gasteiger partial charge >= 0.3 is 0 Å². The maximum absolute atomic E-state index is 12.3. The fourth-order valence-corrected chi connectivity index (χ4v) is 3.91. The average molecular weight is 377 g/mol. The molecule has 0 saturated heterocycles.